The standard InChI is InChI=1S/C13H15BrN4O/c14-11-12(18-15)16-9-17-13(11)19-8-4-7-10-5-2-1-3-6-10/h1-3,5-6,9H,4,7-8,15H2,(H,16,17,18). The molecule has 6 heteroatoms. The van der Waals surface area contributed by atoms with Crippen LogP contribution in [-0.2, 0) is 6.42 Å². The predicted octanol–water partition coefficient (Wildman–Crippen LogP) is 2.54. The topological polar surface area (TPSA) is 73.1 Å². The Morgan fingerprint density at radius 2 is 2.00 bits per heavy atom. The Kier molecular flexibility index (Phi) is 5.11. The Balaban J connectivity index is 1.83. The summed E-state index contributed by atoms with van der Waals surface area (Å²) < 4.78 is 6.24. The first-order valence-electron chi connectivity index (χ1n) is 5.95. The minimum Gasteiger partial charge on any atom is -0.477 e. The first-order valence-corrected chi connectivity index (χ1v) is 6.74. The summed E-state index contributed by atoms with van der Waals surface area (Å²) in [5.74, 6) is 6.33. The van der Waals surface area contributed by atoms with Gasteiger partial charge in [-0.15, -0.1) is 0 Å². The first-order chi connectivity index (χ1) is 9.31. The smallest absolute Gasteiger partial charge is 0.233 e. The number of nitrogen functional groups attached to an aromatic ring is 1. The molecule has 1 aromatic heterocycles. The molecule has 0 bridgehead atoms. The van der Waals surface area contributed by atoms with Gasteiger partial charge in [0.05, 0.1) is 6.61 Å². The van der Waals surface area contributed by atoms with Gasteiger partial charge in [0.25, 0.3) is 0 Å². The summed E-state index contributed by atoms with van der Waals surface area (Å²) in [7, 11) is 0. The zero-order valence-corrected chi connectivity index (χ0v) is 11.9. The van der Waals surface area contributed by atoms with Crippen LogP contribution in [0.2, 0.25) is 0 Å². The zero-order chi connectivity index (χ0) is 13.5. The number of halogens is 1. The molecule has 19 heavy (non-hydrogen) atoms. The van der Waals surface area contributed by atoms with Gasteiger partial charge in [-0.1, -0.05) is 30.3 Å². The lowest BCUT2D eigenvalue weighted by molar-refractivity contribution is 0.297. The monoisotopic (exact) mass is 322 g/mol. The van der Waals surface area contributed by atoms with Crippen molar-refractivity contribution in [2.45, 2.75) is 12.8 Å². The van der Waals surface area contributed by atoms with Gasteiger partial charge in [-0.05, 0) is 34.3 Å². The Morgan fingerprint density at radius 1 is 1.21 bits per heavy atom. The van der Waals surface area contributed by atoms with Gasteiger partial charge < -0.3 is 10.2 Å². The van der Waals surface area contributed by atoms with Gasteiger partial charge in [0.1, 0.15) is 10.8 Å². The molecule has 0 unspecified atom stereocenters. The van der Waals surface area contributed by atoms with Crippen LogP contribution in [0, 0.1) is 0 Å². The SMILES string of the molecule is NNc1ncnc(OCCCc2ccccc2)c1Br. The van der Waals surface area contributed by atoms with Crippen molar-refractivity contribution < 1.29 is 4.74 Å². The van der Waals surface area contributed by atoms with E-state index in [0.29, 0.717) is 22.8 Å². The fourth-order valence-electron chi connectivity index (χ4n) is 1.64. The number of nitrogens with zero attached hydrogens (tertiary/aromatic N) is 2. The number of nitrogens with two attached hydrogens (primary N) is 1. The van der Waals surface area contributed by atoms with Crippen molar-refractivity contribution in [3.8, 4) is 5.88 Å². The van der Waals surface area contributed by atoms with Crippen LogP contribution in [0.5, 0.6) is 5.88 Å². The summed E-state index contributed by atoms with van der Waals surface area (Å²) in [5.41, 5.74) is 3.78. The van der Waals surface area contributed by atoms with E-state index in [0.717, 1.165) is 12.8 Å². The number of anilines is 1. The highest BCUT2D eigenvalue weighted by molar-refractivity contribution is 9.10. The third-order valence-corrected chi connectivity index (χ3v) is 3.30. The van der Waals surface area contributed by atoms with Gasteiger partial charge >= 0.3 is 0 Å². The molecule has 0 aliphatic heterocycles. The molecule has 0 radical (unpaired) electrons. The van der Waals surface area contributed by atoms with Crippen molar-refractivity contribution in [1.29, 1.82) is 0 Å². The fourth-order valence-corrected chi connectivity index (χ4v) is 2.08. The summed E-state index contributed by atoms with van der Waals surface area (Å²) in [4.78, 5) is 8.01. The summed E-state index contributed by atoms with van der Waals surface area (Å²) in [6.07, 6.45) is 3.31. The van der Waals surface area contributed by atoms with Crippen LogP contribution in [0.15, 0.2) is 41.1 Å². The number of aryl methyl sites for hydroxylation is 1. The molecule has 100 valence electrons. The van der Waals surface area contributed by atoms with E-state index in [4.69, 9.17) is 10.6 Å². The highest BCUT2D eigenvalue weighted by Gasteiger charge is 2.08. The molecule has 0 fully saturated rings. The van der Waals surface area contributed by atoms with E-state index in [1.54, 1.807) is 0 Å². The van der Waals surface area contributed by atoms with E-state index in [9.17, 15) is 0 Å². The Bertz CT molecular complexity index is 521. The van der Waals surface area contributed by atoms with Gasteiger partial charge in [0, 0.05) is 0 Å². The van der Waals surface area contributed by atoms with Crippen molar-refractivity contribution in [3.05, 3.63) is 46.7 Å². The molecule has 2 aromatic rings. The summed E-state index contributed by atoms with van der Waals surface area (Å²) in [6, 6.07) is 10.3. The number of ether oxygens (including phenoxy) is 1. The molecular weight excluding hydrogens is 308 g/mol. The van der Waals surface area contributed by atoms with Gasteiger partial charge in [-0.2, -0.15) is 0 Å². The lowest BCUT2D eigenvalue weighted by Crippen LogP contribution is -2.10. The predicted molar refractivity (Wildman–Crippen MR) is 77.8 cm³/mol. The molecule has 0 spiro atoms. The maximum Gasteiger partial charge on any atom is 0.233 e. The van der Waals surface area contributed by atoms with E-state index >= 15 is 0 Å². The second-order valence-electron chi connectivity index (χ2n) is 3.92. The van der Waals surface area contributed by atoms with Crippen LogP contribution in [-0.4, -0.2) is 16.6 Å². The zero-order valence-electron chi connectivity index (χ0n) is 10.3. The highest BCUT2D eigenvalue weighted by Crippen LogP contribution is 2.27. The minimum absolute atomic E-state index is 0.496. The first kappa shape index (κ1) is 13.8. The Morgan fingerprint density at radius 3 is 2.74 bits per heavy atom. The maximum atomic E-state index is 5.61. The lowest BCUT2D eigenvalue weighted by Gasteiger charge is -2.09. The average molecular weight is 323 g/mol. The van der Waals surface area contributed by atoms with Crippen LogP contribution >= 0.6 is 15.9 Å². The van der Waals surface area contributed by atoms with Crippen molar-refractivity contribution in [2.75, 3.05) is 12.0 Å². The molecule has 1 aromatic carbocycles. The number of hydrazine groups is 1. The van der Waals surface area contributed by atoms with E-state index in [-0.39, 0.29) is 0 Å². The molecule has 0 amide bonds. The maximum absolute atomic E-state index is 5.61. The van der Waals surface area contributed by atoms with Crippen LogP contribution in [0.4, 0.5) is 5.82 Å². The number of hydrogen-bond acceptors (Lipinski definition) is 5. The molecule has 0 saturated heterocycles. The molecule has 1 heterocycles. The summed E-state index contributed by atoms with van der Waals surface area (Å²) in [6.45, 7) is 0.592. The van der Waals surface area contributed by atoms with Crippen LogP contribution in [0.25, 0.3) is 0 Å². The number of benzene rings is 1. The lowest BCUT2D eigenvalue weighted by atomic mass is 10.1. The molecule has 0 saturated carbocycles. The highest BCUT2D eigenvalue weighted by atomic mass is 79.9. The summed E-state index contributed by atoms with van der Waals surface area (Å²) >= 11 is 3.35. The second-order valence-corrected chi connectivity index (χ2v) is 4.72. The van der Waals surface area contributed by atoms with Gasteiger partial charge in [0.2, 0.25) is 5.88 Å². The normalized spacial score (nSPS) is 10.2. The number of rotatable bonds is 6. The quantitative estimate of drug-likeness (QED) is 0.485. The molecule has 2 rings (SSSR count). The average Bonchev–Trinajstić information content (AvgIpc) is 2.46. The summed E-state index contributed by atoms with van der Waals surface area (Å²) in [5, 5.41) is 0. The van der Waals surface area contributed by atoms with Crippen molar-refractivity contribution in [1.82, 2.24) is 9.97 Å². The van der Waals surface area contributed by atoms with E-state index < -0.39 is 0 Å². The van der Waals surface area contributed by atoms with Crippen molar-refractivity contribution in [3.63, 3.8) is 0 Å². The van der Waals surface area contributed by atoms with Crippen molar-refractivity contribution >= 4 is 21.7 Å². The molecule has 3 N–H and O–H groups in total. The molecule has 0 aliphatic carbocycles. The van der Waals surface area contributed by atoms with Gasteiger partial charge in [-0.25, -0.2) is 15.8 Å². The Labute approximate surface area is 120 Å². The second kappa shape index (κ2) is 7.06. The number of nitrogens with one attached hydrogen (secondary N) is 1. The van der Waals surface area contributed by atoms with E-state index in [1.165, 1.54) is 11.9 Å². The van der Waals surface area contributed by atoms with Crippen LogP contribution < -0.4 is 16.0 Å². The van der Waals surface area contributed by atoms with Gasteiger partial charge in [0.15, 0.2) is 5.82 Å². The van der Waals surface area contributed by atoms with Gasteiger partial charge in [-0.3, -0.25) is 0 Å². The fraction of sp³-hybridized carbons (Fsp3) is 0.231. The van der Waals surface area contributed by atoms with Crippen LogP contribution in [0.1, 0.15) is 12.0 Å². The minimum atomic E-state index is 0.496. The molecule has 5 nitrogen and oxygen atoms in total. The van der Waals surface area contributed by atoms with E-state index in [2.05, 4.69) is 43.5 Å². The third kappa shape index (κ3) is 3.90. The largest absolute Gasteiger partial charge is 0.477 e. The van der Waals surface area contributed by atoms with Crippen molar-refractivity contribution in [2.24, 2.45) is 5.84 Å². The third-order valence-electron chi connectivity index (χ3n) is 2.59. The molecule has 0 atom stereocenters. The van der Waals surface area contributed by atoms with E-state index in [1.807, 2.05) is 18.2 Å². The number of hydrogen-bond donors (Lipinski definition) is 2. The Hall–Kier alpha value is -1.66. The van der Waals surface area contributed by atoms with Crippen LogP contribution in [0.3, 0.4) is 0 Å². The molecule has 0 aliphatic rings. The number of aromatic nitrogens is 2. The molecular formula is C13H15BrN4O.